The summed E-state index contributed by atoms with van der Waals surface area (Å²) in [5.41, 5.74) is 2.28. The van der Waals surface area contributed by atoms with Crippen LogP contribution in [0.4, 0.5) is 0 Å². The minimum atomic E-state index is -0.135. The zero-order valence-corrected chi connectivity index (χ0v) is 11.9. The first-order valence-corrected chi connectivity index (χ1v) is 6.78. The number of esters is 1. The van der Waals surface area contributed by atoms with E-state index in [1.165, 1.54) is 31.3 Å². The van der Waals surface area contributed by atoms with Crippen LogP contribution in [0.1, 0.15) is 60.3 Å². The average Bonchev–Trinajstić information content (AvgIpc) is 2.36. The summed E-state index contributed by atoms with van der Waals surface area (Å²) in [6.07, 6.45) is 4.89. The van der Waals surface area contributed by atoms with Crippen LogP contribution in [0.25, 0.3) is 0 Å². The van der Waals surface area contributed by atoms with Crippen LogP contribution in [0.15, 0.2) is 11.1 Å². The van der Waals surface area contributed by atoms with Crippen molar-refractivity contribution in [1.82, 2.24) is 0 Å². The highest BCUT2D eigenvalue weighted by molar-refractivity contribution is 5.89. The van der Waals surface area contributed by atoms with E-state index in [0.717, 1.165) is 5.57 Å². The third-order valence-corrected chi connectivity index (χ3v) is 3.90. The molecular formula is C15H26O2. The fourth-order valence-electron chi connectivity index (χ4n) is 3.19. The van der Waals surface area contributed by atoms with Gasteiger partial charge in [-0.05, 0) is 38.0 Å². The van der Waals surface area contributed by atoms with Crippen LogP contribution in [0, 0.1) is 11.3 Å². The Labute approximate surface area is 105 Å². The number of hydrogen-bond acceptors (Lipinski definition) is 2. The number of ether oxygens (including phenoxy) is 1. The highest BCUT2D eigenvalue weighted by atomic mass is 16.5. The zero-order chi connectivity index (χ0) is 13.1. The summed E-state index contributed by atoms with van der Waals surface area (Å²) in [7, 11) is 0. The summed E-state index contributed by atoms with van der Waals surface area (Å²) in [6.45, 7) is 11.0. The van der Waals surface area contributed by atoms with Gasteiger partial charge in [-0.3, -0.25) is 0 Å². The van der Waals surface area contributed by atoms with Gasteiger partial charge >= 0.3 is 5.97 Å². The Morgan fingerprint density at radius 3 is 2.65 bits per heavy atom. The molecule has 1 aliphatic carbocycles. The predicted octanol–water partition coefficient (Wildman–Crippen LogP) is 4.10. The third kappa shape index (κ3) is 3.34. The highest BCUT2D eigenvalue weighted by Crippen LogP contribution is 2.43. The van der Waals surface area contributed by atoms with E-state index in [4.69, 9.17) is 4.74 Å². The Hall–Kier alpha value is -0.790. The van der Waals surface area contributed by atoms with Crippen molar-refractivity contribution in [1.29, 1.82) is 0 Å². The smallest absolute Gasteiger partial charge is 0.333 e. The van der Waals surface area contributed by atoms with Crippen molar-refractivity contribution in [2.24, 2.45) is 11.3 Å². The molecule has 0 aromatic rings. The van der Waals surface area contributed by atoms with Gasteiger partial charge in [0.15, 0.2) is 0 Å². The van der Waals surface area contributed by atoms with E-state index >= 15 is 0 Å². The van der Waals surface area contributed by atoms with Gasteiger partial charge in [-0.1, -0.05) is 39.2 Å². The molecule has 1 fully saturated rings. The maximum atomic E-state index is 11.9. The summed E-state index contributed by atoms with van der Waals surface area (Å²) in [6, 6.07) is 0. The predicted molar refractivity (Wildman–Crippen MR) is 70.7 cm³/mol. The zero-order valence-electron chi connectivity index (χ0n) is 11.9. The minimum absolute atomic E-state index is 0.132. The summed E-state index contributed by atoms with van der Waals surface area (Å²) < 4.78 is 5.14. The van der Waals surface area contributed by atoms with Crippen molar-refractivity contribution in [2.75, 3.05) is 6.61 Å². The molecule has 1 saturated carbocycles. The van der Waals surface area contributed by atoms with Crippen molar-refractivity contribution in [3.8, 4) is 0 Å². The van der Waals surface area contributed by atoms with Gasteiger partial charge in [0.05, 0.1) is 6.61 Å². The molecule has 0 aliphatic heterocycles. The molecule has 2 nitrogen and oxygen atoms in total. The molecule has 17 heavy (non-hydrogen) atoms. The Morgan fingerprint density at radius 1 is 1.41 bits per heavy atom. The lowest BCUT2D eigenvalue weighted by molar-refractivity contribution is -0.138. The van der Waals surface area contributed by atoms with Gasteiger partial charge in [-0.2, -0.15) is 0 Å². The molecule has 1 rings (SSSR count). The van der Waals surface area contributed by atoms with E-state index in [9.17, 15) is 4.79 Å². The Kier molecular flexibility index (Phi) is 4.79. The second kappa shape index (κ2) is 5.70. The van der Waals surface area contributed by atoms with Crippen LogP contribution in [0.2, 0.25) is 0 Å². The number of allylic oxidation sites excluding steroid dienone is 1. The Morgan fingerprint density at radius 2 is 2.06 bits per heavy atom. The van der Waals surface area contributed by atoms with Gasteiger partial charge < -0.3 is 4.74 Å². The fraction of sp³-hybridized carbons (Fsp3) is 0.800. The SMILES string of the molecule is CCOC(=O)/C(C)=C1/C(C)CCCCC1(C)C. The number of carbonyl (C=O) groups excluding carboxylic acids is 1. The lowest BCUT2D eigenvalue weighted by Crippen LogP contribution is -2.22. The van der Waals surface area contributed by atoms with Crippen molar-refractivity contribution in [3.05, 3.63) is 11.1 Å². The van der Waals surface area contributed by atoms with Crippen LogP contribution in [0.5, 0.6) is 0 Å². The summed E-state index contributed by atoms with van der Waals surface area (Å²) >= 11 is 0. The molecular weight excluding hydrogens is 212 g/mol. The van der Waals surface area contributed by atoms with Gasteiger partial charge in [0.2, 0.25) is 0 Å². The number of carbonyl (C=O) groups is 1. The summed E-state index contributed by atoms with van der Waals surface area (Å²) in [4.78, 5) is 11.9. The Bertz CT molecular complexity index is 313. The number of rotatable bonds is 2. The molecule has 1 atom stereocenters. The molecule has 0 spiro atoms. The van der Waals surface area contributed by atoms with Gasteiger partial charge in [0.1, 0.15) is 0 Å². The molecule has 0 bridgehead atoms. The molecule has 0 aromatic carbocycles. The molecule has 98 valence electrons. The molecule has 0 aromatic heterocycles. The summed E-state index contributed by atoms with van der Waals surface area (Å²) in [5.74, 6) is 0.362. The van der Waals surface area contributed by atoms with Crippen LogP contribution in [0.3, 0.4) is 0 Å². The fourth-order valence-corrected chi connectivity index (χ4v) is 3.19. The van der Waals surface area contributed by atoms with Gasteiger partial charge in [-0.25, -0.2) is 4.79 Å². The molecule has 2 heteroatoms. The van der Waals surface area contributed by atoms with Crippen LogP contribution < -0.4 is 0 Å². The monoisotopic (exact) mass is 238 g/mol. The van der Waals surface area contributed by atoms with Crippen molar-refractivity contribution in [2.45, 2.75) is 60.3 Å². The standard InChI is InChI=1S/C15H26O2/c1-6-17-14(16)12(3)13-11(2)9-7-8-10-15(13,4)5/h11H,6-10H2,1-5H3/b13-12-. The molecule has 0 amide bonds. The van der Waals surface area contributed by atoms with Gasteiger partial charge in [0.25, 0.3) is 0 Å². The van der Waals surface area contributed by atoms with Crippen molar-refractivity contribution < 1.29 is 9.53 Å². The maximum Gasteiger partial charge on any atom is 0.333 e. The van der Waals surface area contributed by atoms with Crippen LogP contribution in [-0.4, -0.2) is 12.6 Å². The molecule has 0 saturated heterocycles. The lowest BCUT2D eigenvalue weighted by Gasteiger charge is -2.31. The van der Waals surface area contributed by atoms with Crippen LogP contribution in [-0.2, 0) is 9.53 Å². The highest BCUT2D eigenvalue weighted by Gasteiger charge is 2.32. The summed E-state index contributed by atoms with van der Waals surface area (Å²) in [5, 5.41) is 0. The quantitative estimate of drug-likeness (QED) is 0.411. The van der Waals surface area contributed by atoms with Crippen molar-refractivity contribution in [3.63, 3.8) is 0 Å². The first kappa shape index (κ1) is 14.3. The normalized spacial score (nSPS) is 27.2. The Balaban J connectivity index is 3.10. The first-order chi connectivity index (χ1) is 7.90. The lowest BCUT2D eigenvalue weighted by atomic mass is 9.74. The number of hydrogen-bond donors (Lipinski definition) is 0. The largest absolute Gasteiger partial charge is 0.463 e. The molecule has 0 radical (unpaired) electrons. The van der Waals surface area contributed by atoms with E-state index in [1.54, 1.807) is 0 Å². The van der Waals surface area contributed by atoms with E-state index in [0.29, 0.717) is 12.5 Å². The second-order valence-corrected chi connectivity index (χ2v) is 5.79. The van der Waals surface area contributed by atoms with E-state index in [-0.39, 0.29) is 11.4 Å². The van der Waals surface area contributed by atoms with Gasteiger partial charge in [-0.15, -0.1) is 0 Å². The molecule has 1 unspecified atom stereocenters. The maximum absolute atomic E-state index is 11.9. The molecule has 0 N–H and O–H groups in total. The molecule has 0 heterocycles. The minimum Gasteiger partial charge on any atom is -0.463 e. The van der Waals surface area contributed by atoms with Gasteiger partial charge in [0, 0.05) is 5.57 Å². The third-order valence-electron chi connectivity index (χ3n) is 3.90. The van der Waals surface area contributed by atoms with E-state index in [1.807, 2.05) is 13.8 Å². The van der Waals surface area contributed by atoms with Crippen molar-refractivity contribution >= 4 is 5.97 Å². The second-order valence-electron chi connectivity index (χ2n) is 5.79. The van der Waals surface area contributed by atoms with E-state index in [2.05, 4.69) is 20.8 Å². The molecule has 1 aliphatic rings. The first-order valence-electron chi connectivity index (χ1n) is 6.78. The van der Waals surface area contributed by atoms with E-state index < -0.39 is 0 Å². The van der Waals surface area contributed by atoms with Crippen LogP contribution >= 0.6 is 0 Å². The topological polar surface area (TPSA) is 26.3 Å². The average molecular weight is 238 g/mol.